The van der Waals surface area contributed by atoms with Crippen LogP contribution in [-0.2, 0) is 0 Å². The molecule has 12 heavy (non-hydrogen) atoms. The minimum absolute atomic E-state index is 0.897. The Labute approximate surface area is 74.4 Å². The molecule has 0 spiro atoms. The Hall–Kier alpha value is -0.520. The summed E-state index contributed by atoms with van der Waals surface area (Å²) in [6.45, 7) is 6.53. The Morgan fingerprint density at radius 1 is 1.50 bits per heavy atom. The molecule has 0 saturated heterocycles. The normalized spacial score (nSPS) is 49.8. The zero-order valence-corrected chi connectivity index (χ0v) is 7.72. The van der Waals surface area contributed by atoms with Crippen molar-refractivity contribution in [2.24, 2.45) is 23.7 Å². The maximum atomic E-state index is 4.20. The molecule has 4 unspecified atom stereocenters. The smallest absolute Gasteiger partial charge is 0.0137 e. The summed E-state index contributed by atoms with van der Waals surface area (Å²) < 4.78 is 0. The van der Waals surface area contributed by atoms with Gasteiger partial charge in [0.1, 0.15) is 0 Å². The third kappa shape index (κ3) is 0.646. The predicted octanol–water partition coefficient (Wildman–Crippen LogP) is 3.16. The quantitative estimate of drug-likeness (QED) is 0.477. The SMILES string of the molecule is C=C1CC2CC1C1CC=C(C)C21. The van der Waals surface area contributed by atoms with Crippen LogP contribution in [0.4, 0.5) is 0 Å². The van der Waals surface area contributed by atoms with Crippen molar-refractivity contribution < 1.29 is 0 Å². The molecule has 0 N–H and O–H groups in total. The van der Waals surface area contributed by atoms with E-state index in [1.54, 1.807) is 11.1 Å². The van der Waals surface area contributed by atoms with Crippen LogP contribution in [0.5, 0.6) is 0 Å². The van der Waals surface area contributed by atoms with Gasteiger partial charge in [0.05, 0.1) is 0 Å². The Kier molecular flexibility index (Phi) is 1.18. The van der Waals surface area contributed by atoms with Gasteiger partial charge in [-0.3, -0.25) is 0 Å². The zero-order valence-electron chi connectivity index (χ0n) is 7.72. The van der Waals surface area contributed by atoms with Gasteiger partial charge in [0, 0.05) is 0 Å². The third-order valence-corrected chi connectivity index (χ3v) is 4.33. The first-order valence-corrected chi connectivity index (χ1v) is 5.11. The van der Waals surface area contributed by atoms with Crippen molar-refractivity contribution in [2.45, 2.75) is 26.2 Å². The standard InChI is InChI=1S/C12H16/c1-7-3-4-10-11-6-9(12(7)10)5-8(11)2/h3,9-12H,2,4-6H2,1H3. The molecular weight excluding hydrogens is 144 g/mol. The van der Waals surface area contributed by atoms with Crippen LogP contribution < -0.4 is 0 Å². The lowest BCUT2D eigenvalue weighted by molar-refractivity contribution is 0.327. The van der Waals surface area contributed by atoms with E-state index < -0.39 is 0 Å². The Bertz CT molecular complexity index is 272. The van der Waals surface area contributed by atoms with Crippen molar-refractivity contribution in [3.05, 3.63) is 23.8 Å². The van der Waals surface area contributed by atoms with Crippen LogP contribution in [-0.4, -0.2) is 0 Å². The molecule has 3 rings (SSSR count). The second-order valence-corrected chi connectivity index (χ2v) is 4.84. The summed E-state index contributed by atoms with van der Waals surface area (Å²) in [4.78, 5) is 0. The van der Waals surface area contributed by atoms with Crippen molar-refractivity contribution in [3.8, 4) is 0 Å². The molecule has 3 aliphatic rings. The average Bonchev–Trinajstić information content (AvgIpc) is 2.62. The fourth-order valence-corrected chi connectivity index (χ4v) is 3.89. The van der Waals surface area contributed by atoms with Crippen molar-refractivity contribution >= 4 is 0 Å². The Morgan fingerprint density at radius 3 is 3.17 bits per heavy atom. The van der Waals surface area contributed by atoms with Gasteiger partial charge in [-0.05, 0) is 49.9 Å². The van der Waals surface area contributed by atoms with Crippen LogP contribution in [0.3, 0.4) is 0 Å². The summed E-state index contributed by atoms with van der Waals surface area (Å²) in [6, 6.07) is 0. The first-order chi connectivity index (χ1) is 5.77. The van der Waals surface area contributed by atoms with Crippen molar-refractivity contribution in [3.63, 3.8) is 0 Å². The zero-order chi connectivity index (χ0) is 8.29. The van der Waals surface area contributed by atoms with E-state index in [0.29, 0.717) is 0 Å². The minimum Gasteiger partial charge on any atom is -0.0996 e. The third-order valence-electron chi connectivity index (χ3n) is 4.33. The van der Waals surface area contributed by atoms with E-state index in [1.807, 2.05) is 0 Å². The lowest BCUT2D eigenvalue weighted by Gasteiger charge is -2.27. The van der Waals surface area contributed by atoms with Gasteiger partial charge in [-0.1, -0.05) is 23.8 Å². The van der Waals surface area contributed by atoms with Gasteiger partial charge in [-0.25, -0.2) is 0 Å². The molecule has 2 saturated carbocycles. The van der Waals surface area contributed by atoms with Gasteiger partial charge in [0.2, 0.25) is 0 Å². The minimum atomic E-state index is 0.897. The maximum Gasteiger partial charge on any atom is -0.0137 e. The van der Waals surface area contributed by atoms with E-state index in [1.165, 1.54) is 19.3 Å². The summed E-state index contributed by atoms with van der Waals surface area (Å²) in [5.41, 5.74) is 3.24. The van der Waals surface area contributed by atoms with Gasteiger partial charge in [0.15, 0.2) is 0 Å². The summed E-state index contributed by atoms with van der Waals surface area (Å²) in [7, 11) is 0. The summed E-state index contributed by atoms with van der Waals surface area (Å²) in [6.07, 6.45) is 6.60. The van der Waals surface area contributed by atoms with Crippen LogP contribution in [0.25, 0.3) is 0 Å². The largest absolute Gasteiger partial charge is 0.0996 e. The fraction of sp³-hybridized carbons (Fsp3) is 0.667. The topological polar surface area (TPSA) is 0 Å². The molecule has 0 nitrogen and oxygen atoms in total. The number of allylic oxidation sites excluding steroid dienone is 3. The highest BCUT2D eigenvalue weighted by Gasteiger charge is 2.50. The molecule has 0 heterocycles. The number of hydrogen-bond acceptors (Lipinski definition) is 0. The molecule has 2 bridgehead atoms. The number of hydrogen-bond donors (Lipinski definition) is 0. The average molecular weight is 160 g/mol. The highest BCUT2D eigenvalue weighted by molar-refractivity contribution is 5.28. The monoisotopic (exact) mass is 160 g/mol. The van der Waals surface area contributed by atoms with Crippen LogP contribution in [0, 0.1) is 23.7 Å². The van der Waals surface area contributed by atoms with Crippen LogP contribution >= 0.6 is 0 Å². The van der Waals surface area contributed by atoms with Crippen LogP contribution in [0.15, 0.2) is 23.8 Å². The second kappa shape index (κ2) is 2.04. The van der Waals surface area contributed by atoms with Crippen molar-refractivity contribution in [1.29, 1.82) is 0 Å². The highest BCUT2D eigenvalue weighted by Crippen LogP contribution is 2.60. The van der Waals surface area contributed by atoms with Gasteiger partial charge >= 0.3 is 0 Å². The Morgan fingerprint density at radius 2 is 2.33 bits per heavy atom. The summed E-state index contributed by atoms with van der Waals surface area (Å²) >= 11 is 0. The Balaban J connectivity index is 1.98. The van der Waals surface area contributed by atoms with Crippen molar-refractivity contribution in [1.82, 2.24) is 0 Å². The molecule has 64 valence electrons. The molecule has 0 aromatic heterocycles. The van der Waals surface area contributed by atoms with Crippen LogP contribution in [0.1, 0.15) is 26.2 Å². The second-order valence-electron chi connectivity index (χ2n) is 4.84. The van der Waals surface area contributed by atoms with Gasteiger partial charge in [0.25, 0.3) is 0 Å². The molecule has 0 amide bonds. The lowest BCUT2D eigenvalue weighted by Crippen LogP contribution is -2.19. The van der Waals surface area contributed by atoms with E-state index in [-0.39, 0.29) is 0 Å². The molecule has 0 aromatic rings. The molecule has 0 radical (unpaired) electrons. The highest BCUT2D eigenvalue weighted by atomic mass is 14.5. The van der Waals surface area contributed by atoms with E-state index in [4.69, 9.17) is 0 Å². The number of fused-ring (bicyclic) bond motifs is 5. The van der Waals surface area contributed by atoms with Crippen molar-refractivity contribution in [2.75, 3.05) is 0 Å². The summed E-state index contributed by atoms with van der Waals surface area (Å²) in [5, 5.41) is 0. The molecule has 0 heteroatoms. The van der Waals surface area contributed by atoms with Gasteiger partial charge < -0.3 is 0 Å². The fourth-order valence-electron chi connectivity index (χ4n) is 3.89. The van der Waals surface area contributed by atoms with Gasteiger partial charge in [-0.15, -0.1) is 0 Å². The first kappa shape index (κ1) is 6.94. The maximum absolute atomic E-state index is 4.20. The summed E-state index contributed by atoms with van der Waals surface area (Å²) in [5.74, 6) is 3.80. The molecule has 4 atom stereocenters. The number of rotatable bonds is 0. The van der Waals surface area contributed by atoms with E-state index in [0.717, 1.165) is 23.7 Å². The molecule has 2 fully saturated rings. The van der Waals surface area contributed by atoms with Gasteiger partial charge in [-0.2, -0.15) is 0 Å². The lowest BCUT2D eigenvalue weighted by atomic mass is 9.77. The van der Waals surface area contributed by atoms with E-state index >= 15 is 0 Å². The molecule has 3 aliphatic carbocycles. The molecular formula is C12H16. The molecule has 0 aliphatic heterocycles. The first-order valence-electron chi connectivity index (χ1n) is 5.11. The van der Waals surface area contributed by atoms with Crippen LogP contribution in [0.2, 0.25) is 0 Å². The molecule has 0 aromatic carbocycles. The van der Waals surface area contributed by atoms with E-state index in [9.17, 15) is 0 Å². The van der Waals surface area contributed by atoms with E-state index in [2.05, 4.69) is 19.6 Å². The predicted molar refractivity (Wildman–Crippen MR) is 50.7 cm³/mol.